The molecule has 0 bridgehead atoms. The molecule has 56 valence electrons. The van der Waals surface area contributed by atoms with Crippen LogP contribution in [-0.4, -0.2) is 37.2 Å². The van der Waals surface area contributed by atoms with Crippen molar-refractivity contribution in [3.05, 3.63) is 0 Å². The third kappa shape index (κ3) is 4.97. The summed E-state index contributed by atoms with van der Waals surface area (Å²) in [5.41, 5.74) is 0. The van der Waals surface area contributed by atoms with Gasteiger partial charge in [-0.05, 0) is 0 Å². The number of methoxy groups -OCH3 is 1. The third-order valence-electron chi connectivity index (χ3n) is 0.950. The molecular weight excluding hydrogens is 161 g/mol. The summed E-state index contributed by atoms with van der Waals surface area (Å²) in [6, 6.07) is 0.930. The summed E-state index contributed by atoms with van der Waals surface area (Å²) in [4.78, 5) is 1.87. The van der Waals surface area contributed by atoms with Gasteiger partial charge in [0.05, 0.1) is 18.6 Å². The molecule has 0 N–H and O–H groups in total. The highest BCUT2D eigenvalue weighted by Crippen LogP contribution is 1.92. The quantitative estimate of drug-likeness (QED) is 0.458. The van der Waals surface area contributed by atoms with Crippen molar-refractivity contribution in [1.82, 2.24) is 4.90 Å². The van der Waals surface area contributed by atoms with Gasteiger partial charge in [0.15, 0.2) is 0 Å². The maximum absolute atomic E-state index is 5.49. The van der Waals surface area contributed by atoms with Gasteiger partial charge in [-0.3, -0.25) is 4.90 Å². The van der Waals surface area contributed by atoms with Crippen LogP contribution in [0.2, 0.25) is 0 Å². The lowest BCUT2D eigenvalue weighted by atomic mass is 10.6. The summed E-state index contributed by atoms with van der Waals surface area (Å²) >= 11 is 11.0. The predicted octanol–water partition coefficient (Wildman–Crippen LogP) is 1.33. The molecule has 0 amide bonds. The van der Waals surface area contributed by atoms with Crippen LogP contribution >= 0.6 is 23.2 Å². The van der Waals surface area contributed by atoms with E-state index in [4.69, 9.17) is 27.9 Å². The molecule has 0 aliphatic carbocycles. The second-order valence-electron chi connectivity index (χ2n) is 1.63. The minimum Gasteiger partial charge on any atom is -0.383 e. The van der Waals surface area contributed by atoms with Gasteiger partial charge >= 0.3 is 0 Å². The third-order valence-corrected chi connectivity index (χ3v) is 1.63. The minimum absolute atomic E-state index is 0.465. The number of hydrogen-bond donors (Lipinski definition) is 0. The molecule has 0 fully saturated rings. The Balaban J connectivity index is 3.09. The number of rotatable bonds is 5. The van der Waals surface area contributed by atoms with Crippen LogP contribution in [0.5, 0.6) is 0 Å². The Morgan fingerprint density at radius 2 is 1.89 bits per heavy atom. The number of hydrogen-bond acceptors (Lipinski definition) is 2. The fraction of sp³-hybridized carbons (Fsp3) is 1.00. The maximum Gasteiger partial charge on any atom is 0.0748 e. The van der Waals surface area contributed by atoms with Crippen molar-refractivity contribution in [2.24, 2.45) is 0 Å². The molecule has 0 rings (SSSR count). The van der Waals surface area contributed by atoms with Gasteiger partial charge in [-0.15, -0.1) is 23.2 Å². The van der Waals surface area contributed by atoms with Gasteiger partial charge in [-0.25, -0.2) is 0 Å². The summed E-state index contributed by atoms with van der Waals surface area (Å²) < 4.78 is 4.82. The van der Waals surface area contributed by atoms with E-state index in [9.17, 15) is 0 Å². The van der Waals surface area contributed by atoms with Crippen LogP contribution in [0, 0.1) is 0 Å². The Labute approximate surface area is 65.7 Å². The van der Waals surface area contributed by atoms with E-state index in [0.29, 0.717) is 18.6 Å². The van der Waals surface area contributed by atoms with Crippen LogP contribution in [0.1, 0.15) is 0 Å². The van der Waals surface area contributed by atoms with Crippen molar-refractivity contribution < 1.29 is 4.74 Å². The molecule has 4 heteroatoms. The lowest BCUT2D eigenvalue weighted by molar-refractivity contribution is 0.166. The van der Waals surface area contributed by atoms with Crippen molar-refractivity contribution in [3.63, 3.8) is 0 Å². The minimum atomic E-state index is 0.465. The van der Waals surface area contributed by atoms with Crippen LogP contribution in [0.4, 0.5) is 0 Å². The van der Waals surface area contributed by atoms with Gasteiger partial charge in [0.1, 0.15) is 0 Å². The summed E-state index contributed by atoms with van der Waals surface area (Å²) in [6.07, 6.45) is 0. The van der Waals surface area contributed by atoms with Crippen molar-refractivity contribution in [2.75, 3.05) is 32.3 Å². The molecule has 0 saturated carbocycles. The summed E-state index contributed by atoms with van der Waals surface area (Å²) in [7, 11) is 1.65. The molecular formula is C5H11Cl2NO. The molecule has 0 aromatic carbocycles. The molecule has 0 heterocycles. The van der Waals surface area contributed by atoms with Gasteiger partial charge in [0.2, 0.25) is 0 Å². The van der Waals surface area contributed by atoms with Crippen LogP contribution in [0.3, 0.4) is 0 Å². The topological polar surface area (TPSA) is 12.5 Å². The molecule has 0 atom stereocenters. The SMILES string of the molecule is COCCN(CCl)CCl. The van der Waals surface area contributed by atoms with Crippen LogP contribution in [-0.2, 0) is 4.74 Å². The molecule has 0 unspecified atom stereocenters. The van der Waals surface area contributed by atoms with Gasteiger partial charge in [-0.2, -0.15) is 0 Å². The van der Waals surface area contributed by atoms with E-state index < -0.39 is 0 Å². The smallest absolute Gasteiger partial charge is 0.0748 e. The summed E-state index contributed by atoms with van der Waals surface area (Å²) in [5.74, 6) is 0. The lowest BCUT2D eigenvalue weighted by Gasteiger charge is -2.13. The van der Waals surface area contributed by atoms with Gasteiger partial charge in [0, 0.05) is 13.7 Å². The van der Waals surface area contributed by atoms with Crippen molar-refractivity contribution >= 4 is 23.2 Å². The van der Waals surface area contributed by atoms with E-state index in [0.717, 1.165) is 6.54 Å². The molecule has 0 aromatic heterocycles. The molecule has 2 nitrogen and oxygen atoms in total. The van der Waals surface area contributed by atoms with Crippen molar-refractivity contribution in [2.45, 2.75) is 0 Å². The number of nitrogens with zero attached hydrogens (tertiary/aromatic N) is 1. The largest absolute Gasteiger partial charge is 0.383 e. The van der Waals surface area contributed by atoms with Gasteiger partial charge in [0.25, 0.3) is 0 Å². The highest BCUT2D eigenvalue weighted by molar-refractivity contribution is 6.19. The molecule has 0 aliphatic heterocycles. The number of alkyl halides is 2. The highest BCUT2D eigenvalue weighted by Gasteiger charge is 1.97. The highest BCUT2D eigenvalue weighted by atomic mass is 35.5. The molecule has 0 aliphatic rings. The summed E-state index contributed by atoms with van der Waals surface area (Å²) in [5, 5.41) is 0. The monoisotopic (exact) mass is 171 g/mol. The second-order valence-corrected chi connectivity index (χ2v) is 2.10. The fourth-order valence-electron chi connectivity index (χ4n) is 0.372. The Hall–Kier alpha value is 0.500. The fourth-order valence-corrected chi connectivity index (χ4v) is 0.866. The number of ether oxygens (including phenoxy) is 1. The number of halogens is 2. The first-order chi connectivity index (χ1) is 4.35. The van der Waals surface area contributed by atoms with Crippen molar-refractivity contribution in [1.29, 1.82) is 0 Å². The zero-order valence-corrected chi connectivity index (χ0v) is 6.95. The van der Waals surface area contributed by atoms with Crippen LogP contribution in [0.15, 0.2) is 0 Å². The zero-order chi connectivity index (χ0) is 7.11. The lowest BCUT2D eigenvalue weighted by Crippen LogP contribution is -2.24. The maximum atomic E-state index is 5.49. The molecule has 9 heavy (non-hydrogen) atoms. The van der Waals surface area contributed by atoms with Crippen molar-refractivity contribution in [3.8, 4) is 0 Å². The average Bonchev–Trinajstić information content (AvgIpc) is 1.91. The Kier molecular flexibility index (Phi) is 6.99. The molecule has 0 spiro atoms. The van der Waals surface area contributed by atoms with Crippen LogP contribution < -0.4 is 0 Å². The van der Waals surface area contributed by atoms with E-state index in [1.54, 1.807) is 7.11 Å². The normalized spacial score (nSPS) is 10.7. The van der Waals surface area contributed by atoms with E-state index in [2.05, 4.69) is 0 Å². The summed E-state index contributed by atoms with van der Waals surface area (Å²) in [6.45, 7) is 1.48. The Morgan fingerprint density at radius 3 is 2.22 bits per heavy atom. The first kappa shape index (κ1) is 9.50. The first-order valence-corrected chi connectivity index (χ1v) is 3.75. The Morgan fingerprint density at radius 1 is 1.33 bits per heavy atom. The standard InChI is InChI=1S/C5H11Cl2NO/c1-9-3-2-8(4-6)5-7/h2-5H2,1H3. The second kappa shape index (κ2) is 6.62. The zero-order valence-electron chi connectivity index (χ0n) is 5.44. The van der Waals surface area contributed by atoms with Gasteiger partial charge in [-0.1, -0.05) is 0 Å². The van der Waals surface area contributed by atoms with Gasteiger partial charge < -0.3 is 4.74 Å². The van der Waals surface area contributed by atoms with Crippen LogP contribution in [0.25, 0.3) is 0 Å². The molecule has 0 aromatic rings. The van der Waals surface area contributed by atoms with E-state index >= 15 is 0 Å². The Bertz CT molecular complexity index is 58.9. The molecule has 0 saturated heterocycles. The van der Waals surface area contributed by atoms with E-state index in [1.165, 1.54) is 0 Å². The average molecular weight is 172 g/mol. The first-order valence-electron chi connectivity index (χ1n) is 2.68. The van der Waals surface area contributed by atoms with E-state index in [-0.39, 0.29) is 0 Å². The van der Waals surface area contributed by atoms with E-state index in [1.807, 2.05) is 4.90 Å². The molecule has 0 radical (unpaired) electrons. The predicted molar refractivity (Wildman–Crippen MR) is 40.0 cm³/mol.